The van der Waals surface area contributed by atoms with Gasteiger partial charge in [-0.2, -0.15) is 0 Å². The number of benzene rings is 1. The van der Waals surface area contributed by atoms with E-state index in [1.54, 1.807) is 6.92 Å². The second kappa shape index (κ2) is 7.46. The molecule has 21 heavy (non-hydrogen) atoms. The average Bonchev–Trinajstić information content (AvgIpc) is 2.40. The highest BCUT2D eigenvalue weighted by atomic mass is 16.5. The monoisotopic (exact) mass is 293 g/mol. The van der Waals surface area contributed by atoms with Crippen LogP contribution >= 0.6 is 0 Å². The third-order valence-electron chi connectivity index (χ3n) is 3.88. The van der Waals surface area contributed by atoms with Crippen LogP contribution in [-0.2, 0) is 4.79 Å². The van der Waals surface area contributed by atoms with E-state index in [1.807, 2.05) is 26.8 Å². The predicted octanol–water partition coefficient (Wildman–Crippen LogP) is 3.22. The van der Waals surface area contributed by atoms with E-state index in [9.17, 15) is 9.90 Å². The molecule has 0 amide bonds. The first-order valence-electron chi connectivity index (χ1n) is 7.49. The summed E-state index contributed by atoms with van der Waals surface area (Å²) in [7, 11) is 0. The molecule has 4 nitrogen and oxygen atoms in total. The number of rotatable bonds is 8. The van der Waals surface area contributed by atoms with Gasteiger partial charge in [-0.15, -0.1) is 0 Å². The molecule has 2 N–H and O–H groups in total. The van der Waals surface area contributed by atoms with Crippen molar-refractivity contribution in [2.24, 2.45) is 0 Å². The van der Waals surface area contributed by atoms with Crippen molar-refractivity contribution in [2.45, 2.75) is 53.0 Å². The number of aryl methyl sites for hydroxylation is 2. The number of ether oxygens (including phenoxy) is 1. The van der Waals surface area contributed by atoms with Gasteiger partial charge in [0, 0.05) is 0 Å². The number of carboxylic acids is 1. The van der Waals surface area contributed by atoms with Gasteiger partial charge in [0.1, 0.15) is 11.3 Å². The summed E-state index contributed by atoms with van der Waals surface area (Å²) in [4.78, 5) is 11.3. The van der Waals surface area contributed by atoms with E-state index in [2.05, 4.69) is 18.3 Å². The zero-order chi connectivity index (χ0) is 16.0. The fraction of sp³-hybridized carbons (Fsp3) is 0.588. The highest BCUT2D eigenvalue weighted by molar-refractivity contribution is 5.78. The third kappa shape index (κ3) is 4.74. The van der Waals surface area contributed by atoms with E-state index >= 15 is 0 Å². The quantitative estimate of drug-likeness (QED) is 0.723. The molecule has 0 radical (unpaired) electrons. The van der Waals surface area contributed by atoms with Crippen molar-refractivity contribution in [3.05, 3.63) is 28.8 Å². The average molecular weight is 293 g/mol. The van der Waals surface area contributed by atoms with Gasteiger partial charge < -0.3 is 15.2 Å². The van der Waals surface area contributed by atoms with Gasteiger partial charge in [0.25, 0.3) is 0 Å². The topological polar surface area (TPSA) is 58.6 Å². The minimum Gasteiger partial charge on any atom is -0.493 e. The van der Waals surface area contributed by atoms with E-state index in [1.165, 1.54) is 11.1 Å². The lowest BCUT2D eigenvalue weighted by atomic mass is 9.96. The first kappa shape index (κ1) is 17.5. The van der Waals surface area contributed by atoms with Crippen molar-refractivity contribution < 1.29 is 14.6 Å². The fourth-order valence-electron chi connectivity index (χ4n) is 2.42. The summed E-state index contributed by atoms with van der Waals surface area (Å²) in [6, 6.07) is 4.16. The zero-order valence-corrected chi connectivity index (χ0v) is 13.7. The van der Waals surface area contributed by atoms with Crippen LogP contribution in [0.3, 0.4) is 0 Å². The van der Waals surface area contributed by atoms with Crippen LogP contribution in [0.4, 0.5) is 0 Å². The first-order valence-corrected chi connectivity index (χ1v) is 7.49. The molecule has 0 fully saturated rings. The number of hydrogen-bond acceptors (Lipinski definition) is 3. The molecule has 0 bridgehead atoms. The van der Waals surface area contributed by atoms with Gasteiger partial charge >= 0.3 is 5.97 Å². The van der Waals surface area contributed by atoms with Crippen LogP contribution in [0.1, 0.15) is 43.4 Å². The summed E-state index contributed by atoms with van der Waals surface area (Å²) in [6.45, 7) is 11.0. The molecule has 0 aliphatic heterocycles. The Bertz CT molecular complexity index is 499. The lowest BCUT2D eigenvalue weighted by molar-refractivity contribution is -0.144. The molecule has 0 aromatic heterocycles. The summed E-state index contributed by atoms with van der Waals surface area (Å²) >= 11 is 0. The van der Waals surface area contributed by atoms with Gasteiger partial charge in [0.05, 0.1) is 6.61 Å². The van der Waals surface area contributed by atoms with Crippen molar-refractivity contribution in [3.63, 3.8) is 0 Å². The molecule has 0 spiro atoms. The van der Waals surface area contributed by atoms with Crippen molar-refractivity contribution >= 4 is 5.97 Å². The smallest absolute Gasteiger partial charge is 0.323 e. The summed E-state index contributed by atoms with van der Waals surface area (Å²) in [5.74, 6) is 0.0832. The van der Waals surface area contributed by atoms with Crippen molar-refractivity contribution in [1.82, 2.24) is 5.32 Å². The van der Waals surface area contributed by atoms with Crippen molar-refractivity contribution in [3.8, 4) is 5.75 Å². The van der Waals surface area contributed by atoms with Crippen LogP contribution in [0.5, 0.6) is 5.75 Å². The second-order valence-corrected chi connectivity index (χ2v) is 5.82. The number of likely N-dealkylation sites (N-methyl/N-ethyl adjacent to an activating group) is 1. The Labute approximate surface area is 127 Å². The number of hydrogen-bond donors (Lipinski definition) is 2. The molecule has 1 atom stereocenters. The van der Waals surface area contributed by atoms with Gasteiger partial charge in [-0.3, -0.25) is 4.79 Å². The molecule has 0 saturated carbocycles. The largest absolute Gasteiger partial charge is 0.493 e. The fourth-order valence-corrected chi connectivity index (χ4v) is 2.42. The van der Waals surface area contributed by atoms with Crippen LogP contribution in [0.25, 0.3) is 0 Å². The van der Waals surface area contributed by atoms with E-state index in [4.69, 9.17) is 4.74 Å². The number of carbonyl (C=O) groups is 1. The van der Waals surface area contributed by atoms with E-state index < -0.39 is 11.5 Å². The molecular weight excluding hydrogens is 266 g/mol. The lowest BCUT2D eigenvalue weighted by Gasteiger charge is -2.25. The van der Waals surface area contributed by atoms with Crippen LogP contribution in [0.15, 0.2) is 12.1 Å². The molecule has 1 unspecified atom stereocenters. The molecular formula is C17H27NO3. The van der Waals surface area contributed by atoms with Gasteiger partial charge in [0.15, 0.2) is 0 Å². The van der Waals surface area contributed by atoms with Crippen LogP contribution in [0, 0.1) is 20.8 Å². The highest BCUT2D eigenvalue weighted by Crippen LogP contribution is 2.24. The third-order valence-corrected chi connectivity index (χ3v) is 3.88. The van der Waals surface area contributed by atoms with Crippen LogP contribution < -0.4 is 10.1 Å². The minimum atomic E-state index is -0.879. The number of nitrogens with one attached hydrogen (secondary N) is 1. The maximum atomic E-state index is 11.3. The van der Waals surface area contributed by atoms with Crippen molar-refractivity contribution in [1.29, 1.82) is 0 Å². The van der Waals surface area contributed by atoms with E-state index in [-0.39, 0.29) is 0 Å². The highest BCUT2D eigenvalue weighted by Gasteiger charge is 2.31. The summed E-state index contributed by atoms with van der Waals surface area (Å²) < 4.78 is 5.83. The Balaban J connectivity index is 2.56. The normalized spacial score (nSPS) is 13.8. The number of carboxylic acid groups (broad SMARTS) is 1. The molecule has 0 saturated heterocycles. The Morgan fingerprint density at radius 1 is 1.33 bits per heavy atom. The molecule has 1 rings (SSSR count). The molecule has 4 heteroatoms. The van der Waals surface area contributed by atoms with Gasteiger partial charge in [-0.25, -0.2) is 0 Å². The maximum absolute atomic E-state index is 11.3. The van der Waals surface area contributed by atoms with Gasteiger partial charge in [-0.05, 0) is 69.8 Å². The second-order valence-electron chi connectivity index (χ2n) is 5.82. The Hall–Kier alpha value is -1.55. The summed E-state index contributed by atoms with van der Waals surface area (Å²) in [5, 5.41) is 12.3. The number of aliphatic carboxylic acids is 1. The van der Waals surface area contributed by atoms with Gasteiger partial charge in [-0.1, -0.05) is 13.0 Å². The maximum Gasteiger partial charge on any atom is 0.323 e. The molecule has 0 aliphatic rings. The molecule has 1 aromatic rings. The SMILES string of the molecule is CCNC(C)(CCCOc1cc(C)cc(C)c1C)C(=O)O. The summed E-state index contributed by atoms with van der Waals surface area (Å²) in [5.41, 5.74) is 2.66. The molecule has 1 aromatic carbocycles. The van der Waals surface area contributed by atoms with E-state index in [0.717, 1.165) is 11.3 Å². The molecule has 0 aliphatic carbocycles. The van der Waals surface area contributed by atoms with Gasteiger partial charge in [0.2, 0.25) is 0 Å². The Morgan fingerprint density at radius 2 is 2.00 bits per heavy atom. The zero-order valence-electron chi connectivity index (χ0n) is 13.7. The molecule has 0 heterocycles. The first-order chi connectivity index (χ1) is 9.80. The predicted molar refractivity (Wildman–Crippen MR) is 85.1 cm³/mol. The molecule has 118 valence electrons. The Kier molecular flexibility index (Phi) is 6.21. The van der Waals surface area contributed by atoms with Crippen molar-refractivity contribution in [2.75, 3.05) is 13.2 Å². The minimum absolute atomic E-state index is 0.526. The lowest BCUT2D eigenvalue weighted by Crippen LogP contribution is -2.49. The standard InChI is InChI=1S/C17H27NO3/c1-6-18-17(5,16(19)20)8-7-9-21-15-11-12(2)10-13(3)14(15)4/h10-11,18H,6-9H2,1-5H3,(H,19,20). The van der Waals surface area contributed by atoms with Crippen LogP contribution in [-0.4, -0.2) is 29.8 Å². The Morgan fingerprint density at radius 3 is 2.57 bits per heavy atom. The van der Waals surface area contributed by atoms with E-state index in [0.29, 0.717) is 26.0 Å². The van der Waals surface area contributed by atoms with Crippen LogP contribution in [0.2, 0.25) is 0 Å². The summed E-state index contributed by atoms with van der Waals surface area (Å²) in [6.07, 6.45) is 1.24.